The third-order valence-corrected chi connectivity index (χ3v) is 5.93. The van der Waals surface area contributed by atoms with Gasteiger partial charge in [0.15, 0.2) is 0 Å². The quantitative estimate of drug-likeness (QED) is 0.364. The molecular weight excluding hydrogens is 430 g/mol. The fourth-order valence-corrected chi connectivity index (χ4v) is 4.05. The van der Waals surface area contributed by atoms with Crippen LogP contribution in [0.3, 0.4) is 0 Å². The maximum atomic E-state index is 12.6. The first-order valence-corrected chi connectivity index (χ1v) is 11.2. The van der Waals surface area contributed by atoms with Crippen LogP contribution in [0.1, 0.15) is 35.9 Å². The molecule has 5 rings (SSSR count). The molecule has 1 fully saturated rings. The Hall–Kier alpha value is -4.13. The Labute approximate surface area is 197 Å². The molecule has 0 N–H and O–H groups in total. The summed E-state index contributed by atoms with van der Waals surface area (Å²) in [6.07, 6.45) is 1.12. The Balaban J connectivity index is 1.26. The molecule has 1 atom stereocenters. The van der Waals surface area contributed by atoms with E-state index >= 15 is 0 Å². The predicted molar refractivity (Wildman–Crippen MR) is 126 cm³/mol. The van der Waals surface area contributed by atoms with Crippen LogP contribution in [0.15, 0.2) is 83.4 Å². The molecule has 1 saturated heterocycles. The predicted octanol–water partition coefficient (Wildman–Crippen LogP) is 5.19. The van der Waals surface area contributed by atoms with E-state index in [4.69, 9.17) is 14.0 Å². The maximum Gasteiger partial charge on any atom is 0.249 e. The first-order valence-electron chi connectivity index (χ1n) is 11.2. The van der Waals surface area contributed by atoms with Gasteiger partial charge in [-0.05, 0) is 53.9 Å². The van der Waals surface area contributed by atoms with Gasteiger partial charge < -0.3 is 18.9 Å². The van der Waals surface area contributed by atoms with Gasteiger partial charge in [0.25, 0.3) is 0 Å². The molecule has 1 aliphatic rings. The minimum atomic E-state index is -0.232. The number of nitrogens with zero attached hydrogens (tertiary/aromatic N) is 3. The molecule has 1 aromatic heterocycles. The summed E-state index contributed by atoms with van der Waals surface area (Å²) in [4.78, 5) is 19.0. The zero-order valence-electron chi connectivity index (χ0n) is 18.9. The van der Waals surface area contributed by atoms with Gasteiger partial charge in [0.05, 0.1) is 7.11 Å². The summed E-state index contributed by atoms with van der Waals surface area (Å²) in [5.74, 6) is 2.59. The van der Waals surface area contributed by atoms with Crippen LogP contribution in [0.4, 0.5) is 0 Å². The summed E-state index contributed by atoms with van der Waals surface area (Å²) in [5.41, 5.74) is 2.96. The van der Waals surface area contributed by atoms with Crippen molar-refractivity contribution in [3.8, 4) is 22.9 Å². The molecular formula is C27H25N3O4. The fourth-order valence-electron chi connectivity index (χ4n) is 4.05. The molecule has 3 aromatic carbocycles. The molecule has 0 saturated carbocycles. The average Bonchev–Trinajstić information content (AvgIpc) is 3.51. The number of carbonyl (C=O) groups is 1. The number of hydrogen-bond donors (Lipinski definition) is 0. The van der Waals surface area contributed by atoms with E-state index in [1.807, 2.05) is 78.9 Å². The highest BCUT2D eigenvalue weighted by molar-refractivity contribution is 5.78. The normalized spacial score (nSPS) is 15.5. The van der Waals surface area contributed by atoms with Crippen molar-refractivity contribution in [3.05, 3.63) is 95.9 Å². The smallest absolute Gasteiger partial charge is 0.249 e. The molecule has 2 heterocycles. The average molecular weight is 456 g/mol. The lowest BCUT2D eigenvalue weighted by Gasteiger charge is -2.22. The SMILES string of the molecule is COc1ccc(CN2C(=O)CCC2c2nc(-c3ccc(OCc4ccccc4)cc3)no2)cc1. The Morgan fingerprint density at radius 1 is 0.941 bits per heavy atom. The van der Waals surface area contributed by atoms with E-state index in [0.717, 1.165) is 28.2 Å². The molecule has 34 heavy (non-hydrogen) atoms. The number of likely N-dealkylation sites (tertiary alicyclic amines) is 1. The lowest BCUT2D eigenvalue weighted by Crippen LogP contribution is -2.27. The summed E-state index contributed by atoms with van der Waals surface area (Å²) >= 11 is 0. The molecule has 0 spiro atoms. The Morgan fingerprint density at radius 2 is 1.68 bits per heavy atom. The molecule has 1 unspecified atom stereocenters. The van der Waals surface area contributed by atoms with Crippen molar-refractivity contribution < 1.29 is 18.8 Å². The van der Waals surface area contributed by atoms with Crippen molar-refractivity contribution >= 4 is 5.91 Å². The molecule has 1 aliphatic heterocycles. The van der Waals surface area contributed by atoms with Crippen LogP contribution in [0.25, 0.3) is 11.4 Å². The second kappa shape index (κ2) is 9.79. The van der Waals surface area contributed by atoms with Gasteiger partial charge in [-0.3, -0.25) is 4.79 Å². The Bertz CT molecular complexity index is 1240. The fraction of sp³-hybridized carbons (Fsp3) is 0.222. The van der Waals surface area contributed by atoms with Crippen molar-refractivity contribution in [2.75, 3.05) is 7.11 Å². The molecule has 0 bridgehead atoms. The van der Waals surface area contributed by atoms with E-state index in [1.165, 1.54) is 0 Å². The second-order valence-electron chi connectivity index (χ2n) is 8.18. The van der Waals surface area contributed by atoms with E-state index in [1.54, 1.807) is 12.0 Å². The number of hydrogen-bond acceptors (Lipinski definition) is 6. The lowest BCUT2D eigenvalue weighted by atomic mass is 10.1. The summed E-state index contributed by atoms with van der Waals surface area (Å²) in [7, 11) is 1.63. The zero-order chi connectivity index (χ0) is 23.3. The first kappa shape index (κ1) is 21.7. The molecule has 0 aliphatic carbocycles. The van der Waals surface area contributed by atoms with Gasteiger partial charge in [-0.15, -0.1) is 0 Å². The number of aromatic nitrogens is 2. The number of carbonyl (C=O) groups excluding carboxylic acids is 1. The van der Waals surface area contributed by atoms with Crippen LogP contribution < -0.4 is 9.47 Å². The molecule has 4 aromatic rings. The third kappa shape index (κ3) is 4.78. The topological polar surface area (TPSA) is 77.7 Å². The van der Waals surface area contributed by atoms with Crippen LogP contribution in [0.5, 0.6) is 11.5 Å². The van der Waals surface area contributed by atoms with Crippen LogP contribution in [-0.2, 0) is 17.9 Å². The van der Waals surface area contributed by atoms with Gasteiger partial charge in [0.1, 0.15) is 24.1 Å². The Morgan fingerprint density at radius 3 is 2.41 bits per heavy atom. The molecule has 1 amide bonds. The molecule has 172 valence electrons. The summed E-state index contributed by atoms with van der Waals surface area (Å²) in [5, 5.41) is 4.16. The van der Waals surface area contributed by atoms with Gasteiger partial charge in [-0.25, -0.2) is 0 Å². The highest BCUT2D eigenvalue weighted by atomic mass is 16.5. The van der Waals surface area contributed by atoms with E-state index in [0.29, 0.717) is 37.7 Å². The van der Waals surface area contributed by atoms with E-state index in [2.05, 4.69) is 10.1 Å². The van der Waals surface area contributed by atoms with Gasteiger partial charge >= 0.3 is 0 Å². The molecule has 0 radical (unpaired) electrons. The van der Waals surface area contributed by atoms with Crippen molar-refractivity contribution in [1.82, 2.24) is 15.0 Å². The van der Waals surface area contributed by atoms with Crippen LogP contribution in [0, 0.1) is 0 Å². The minimum Gasteiger partial charge on any atom is -0.497 e. The van der Waals surface area contributed by atoms with Crippen molar-refractivity contribution in [2.24, 2.45) is 0 Å². The van der Waals surface area contributed by atoms with Crippen LogP contribution >= 0.6 is 0 Å². The highest BCUT2D eigenvalue weighted by Gasteiger charge is 2.36. The second-order valence-corrected chi connectivity index (χ2v) is 8.18. The number of ether oxygens (including phenoxy) is 2. The van der Waals surface area contributed by atoms with Gasteiger partial charge in [0.2, 0.25) is 17.6 Å². The Kier molecular flexibility index (Phi) is 6.25. The van der Waals surface area contributed by atoms with Crippen molar-refractivity contribution in [3.63, 3.8) is 0 Å². The van der Waals surface area contributed by atoms with Crippen LogP contribution in [0.2, 0.25) is 0 Å². The number of rotatable bonds is 8. The number of benzene rings is 3. The monoisotopic (exact) mass is 455 g/mol. The van der Waals surface area contributed by atoms with E-state index < -0.39 is 0 Å². The number of methoxy groups -OCH3 is 1. The minimum absolute atomic E-state index is 0.0838. The van der Waals surface area contributed by atoms with Gasteiger partial charge in [0, 0.05) is 18.5 Å². The first-order chi connectivity index (χ1) is 16.7. The van der Waals surface area contributed by atoms with E-state index in [9.17, 15) is 4.79 Å². The highest BCUT2D eigenvalue weighted by Crippen LogP contribution is 2.34. The summed E-state index contributed by atoms with van der Waals surface area (Å²) < 4.78 is 16.7. The lowest BCUT2D eigenvalue weighted by molar-refractivity contribution is -0.129. The van der Waals surface area contributed by atoms with E-state index in [-0.39, 0.29) is 11.9 Å². The summed E-state index contributed by atoms with van der Waals surface area (Å²) in [6, 6.07) is 25.1. The maximum absolute atomic E-state index is 12.6. The van der Waals surface area contributed by atoms with Crippen molar-refractivity contribution in [1.29, 1.82) is 0 Å². The van der Waals surface area contributed by atoms with Gasteiger partial charge in [-0.1, -0.05) is 47.6 Å². The summed E-state index contributed by atoms with van der Waals surface area (Å²) in [6.45, 7) is 0.991. The van der Waals surface area contributed by atoms with Gasteiger partial charge in [-0.2, -0.15) is 4.98 Å². The largest absolute Gasteiger partial charge is 0.497 e. The van der Waals surface area contributed by atoms with Crippen molar-refractivity contribution in [2.45, 2.75) is 32.0 Å². The molecule has 7 nitrogen and oxygen atoms in total. The van der Waals surface area contributed by atoms with Crippen LogP contribution in [-0.4, -0.2) is 28.1 Å². The third-order valence-electron chi connectivity index (χ3n) is 5.93. The standard InChI is InChI=1S/C27H25N3O4/c1-32-22-11-7-19(8-12-22)17-30-24(15-16-25(30)31)27-28-26(29-34-27)21-9-13-23(14-10-21)33-18-20-5-3-2-4-6-20/h2-14,24H,15-18H2,1H3. The zero-order valence-corrected chi connectivity index (χ0v) is 18.9. The number of amides is 1. The molecule has 7 heteroatoms.